The van der Waals surface area contributed by atoms with Crippen LogP contribution in [0.1, 0.15) is 24.8 Å². The maximum Gasteiger partial charge on any atom is 0.213 e. The fraction of sp³-hybridized carbons (Fsp3) is 0.444. The molecule has 0 aliphatic carbocycles. The van der Waals surface area contributed by atoms with E-state index < -0.39 is 0 Å². The summed E-state index contributed by atoms with van der Waals surface area (Å²) in [6, 6.07) is 9.42. The molecule has 0 bridgehead atoms. The summed E-state index contributed by atoms with van der Waals surface area (Å²) in [7, 11) is 1.61. The number of furan rings is 1. The number of guanidine groups is 1. The van der Waals surface area contributed by atoms with Crippen LogP contribution in [0.25, 0.3) is 0 Å². The van der Waals surface area contributed by atoms with Gasteiger partial charge in [-0.1, -0.05) is 6.07 Å². The quantitative estimate of drug-likeness (QED) is 0.239. The summed E-state index contributed by atoms with van der Waals surface area (Å²) < 4.78 is 15.9. The molecule has 2 heterocycles. The molecule has 2 rings (SSSR count). The highest BCUT2D eigenvalue weighted by Crippen LogP contribution is 2.07. The molecule has 0 aromatic carbocycles. The van der Waals surface area contributed by atoms with Gasteiger partial charge in [0, 0.05) is 25.8 Å². The SMILES string of the molecule is CCNC(=NCc1cccc(OC)n1)NCCCOCc1ccco1.I. The first kappa shape index (κ1) is 22.2. The molecule has 0 fully saturated rings. The van der Waals surface area contributed by atoms with E-state index in [0.717, 1.165) is 36.9 Å². The third-order valence-electron chi connectivity index (χ3n) is 3.32. The van der Waals surface area contributed by atoms with Gasteiger partial charge in [-0.25, -0.2) is 9.98 Å². The number of hydrogen-bond donors (Lipinski definition) is 2. The smallest absolute Gasteiger partial charge is 0.213 e. The van der Waals surface area contributed by atoms with Gasteiger partial charge in [0.05, 0.1) is 25.6 Å². The van der Waals surface area contributed by atoms with Crippen molar-refractivity contribution in [3.05, 3.63) is 48.0 Å². The summed E-state index contributed by atoms with van der Waals surface area (Å²) in [6.07, 6.45) is 2.53. The average Bonchev–Trinajstić information content (AvgIpc) is 3.16. The Morgan fingerprint density at radius 1 is 1.23 bits per heavy atom. The molecule has 144 valence electrons. The zero-order valence-electron chi connectivity index (χ0n) is 15.2. The standard InChI is InChI=1S/C18H26N4O3.HI/c1-3-19-18(21-13-15-7-4-9-17(22-15)23-2)20-10-6-11-24-14-16-8-5-12-25-16;/h4-5,7-9,12H,3,6,10-11,13-14H2,1-2H3,(H2,19,20,21);1H. The zero-order chi connectivity index (χ0) is 17.7. The van der Waals surface area contributed by atoms with Gasteiger partial charge in [-0.2, -0.15) is 0 Å². The van der Waals surface area contributed by atoms with E-state index in [2.05, 4.69) is 20.6 Å². The molecule has 0 amide bonds. The van der Waals surface area contributed by atoms with E-state index in [1.807, 2.05) is 37.3 Å². The number of nitrogens with one attached hydrogen (secondary N) is 2. The van der Waals surface area contributed by atoms with Crippen molar-refractivity contribution in [2.24, 2.45) is 4.99 Å². The van der Waals surface area contributed by atoms with Gasteiger partial charge in [0.25, 0.3) is 0 Å². The number of pyridine rings is 1. The van der Waals surface area contributed by atoms with Crippen molar-refractivity contribution in [2.75, 3.05) is 26.8 Å². The molecule has 0 unspecified atom stereocenters. The van der Waals surface area contributed by atoms with E-state index in [0.29, 0.717) is 25.6 Å². The van der Waals surface area contributed by atoms with Gasteiger partial charge in [0.1, 0.15) is 12.4 Å². The van der Waals surface area contributed by atoms with Crippen LogP contribution in [-0.2, 0) is 17.9 Å². The van der Waals surface area contributed by atoms with E-state index in [4.69, 9.17) is 13.9 Å². The largest absolute Gasteiger partial charge is 0.481 e. The summed E-state index contributed by atoms with van der Waals surface area (Å²) in [4.78, 5) is 8.89. The maximum absolute atomic E-state index is 5.56. The summed E-state index contributed by atoms with van der Waals surface area (Å²) in [6.45, 7) is 5.25. The number of nitrogens with zero attached hydrogens (tertiary/aromatic N) is 2. The van der Waals surface area contributed by atoms with Gasteiger partial charge in [-0.3, -0.25) is 0 Å². The lowest BCUT2D eigenvalue weighted by molar-refractivity contribution is 0.105. The third-order valence-corrected chi connectivity index (χ3v) is 3.32. The molecule has 2 N–H and O–H groups in total. The highest BCUT2D eigenvalue weighted by molar-refractivity contribution is 14.0. The Bertz CT molecular complexity index is 635. The van der Waals surface area contributed by atoms with Crippen LogP contribution in [-0.4, -0.2) is 37.7 Å². The van der Waals surface area contributed by atoms with E-state index in [1.165, 1.54) is 0 Å². The van der Waals surface area contributed by atoms with Crippen LogP contribution in [0.5, 0.6) is 5.88 Å². The van der Waals surface area contributed by atoms with E-state index in [-0.39, 0.29) is 24.0 Å². The number of halogens is 1. The Balaban J connectivity index is 0.00000338. The minimum Gasteiger partial charge on any atom is -0.481 e. The first-order valence-electron chi connectivity index (χ1n) is 8.44. The van der Waals surface area contributed by atoms with Gasteiger partial charge >= 0.3 is 0 Å². The normalized spacial score (nSPS) is 10.9. The molecule has 0 aliphatic rings. The zero-order valence-corrected chi connectivity index (χ0v) is 17.6. The fourth-order valence-electron chi connectivity index (χ4n) is 2.11. The Morgan fingerprint density at radius 3 is 2.85 bits per heavy atom. The summed E-state index contributed by atoms with van der Waals surface area (Å²) in [5, 5.41) is 6.51. The Labute approximate surface area is 171 Å². The van der Waals surface area contributed by atoms with Crippen molar-refractivity contribution in [3.8, 4) is 5.88 Å². The molecule has 0 aliphatic heterocycles. The van der Waals surface area contributed by atoms with Gasteiger partial charge in [-0.05, 0) is 31.5 Å². The molecule has 7 nitrogen and oxygen atoms in total. The van der Waals surface area contributed by atoms with Crippen LogP contribution in [0.3, 0.4) is 0 Å². The van der Waals surface area contributed by atoms with Crippen molar-refractivity contribution >= 4 is 29.9 Å². The minimum absolute atomic E-state index is 0. The molecule has 0 spiro atoms. The van der Waals surface area contributed by atoms with E-state index in [9.17, 15) is 0 Å². The van der Waals surface area contributed by atoms with Gasteiger partial charge in [0.15, 0.2) is 5.96 Å². The van der Waals surface area contributed by atoms with E-state index >= 15 is 0 Å². The second kappa shape index (κ2) is 13.4. The lowest BCUT2D eigenvalue weighted by atomic mass is 10.3. The topological polar surface area (TPSA) is 80.9 Å². The molecule has 26 heavy (non-hydrogen) atoms. The minimum atomic E-state index is 0. The molecule has 8 heteroatoms. The van der Waals surface area contributed by atoms with Crippen molar-refractivity contribution in [1.29, 1.82) is 0 Å². The number of rotatable bonds is 10. The highest BCUT2D eigenvalue weighted by Gasteiger charge is 2.00. The number of hydrogen-bond acceptors (Lipinski definition) is 5. The van der Waals surface area contributed by atoms with Crippen LogP contribution in [0, 0.1) is 0 Å². The van der Waals surface area contributed by atoms with Crippen molar-refractivity contribution < 1.29 is 13.9 Å². The number of methoxy groups -OCH3 is 1. The Kier molecular flexibility index (Phi) is 11.5. The summed E-state index contributed by atoms with van der Waals surface area (Å²) in [5.74, 6) is 2.20. The predicted octanol–water partition coefficient (Wildman–Crippen LogP) is 2.96. The first-order chi connectivity index (χ1) is 12.3. The second-order valence-corrected chi connectivity index (χ2v) is 5.28. The number of aromatic nitrogens is 1. The lowest BCUT2D eigenvalue weighted by Gasteiger charge is -2.11. The monoisotopic (exact) mass is 474 g/mol. The molecular formula is C18H27IN4O3. The lowest BCUT2D eigenvalue weighted by Crippen LogP contribution is -2.38. The molecule has 2 aromatic heterocycles. The number of ether oxygens (including phenoxy) is 2. The van der Waals surface area contributed by atoms with Crippen LogP contribution < -0.4 is 15.4 Å². The molecular weight excluding hydrogens is 447 g/mol. The maximum atomic E-state index is 5.56. The molecule has 0 atom stereocenters. The Morgan fingerprint density at radius 2 is 2.12 bits per heavy atom. The third kappa shape index (κ3) is 8.52. The summed E-state index contributed by atoms with van der Waals surface area (Å²) >= 11 is 0. The first-order valence-corrected chi connectivity index (χ1v) is 8.44. The molecule has 0 saturated heterocycles. The average molecular weight is 474 g/mol. The second-order valence-electron chi connectivity index (χ2n) is 5.28. The predicted molar refractivity (Wildman–Crippen MR) is 112 cm³/mol. The van der Waals surface area contributed by atoms with Gasteiger partial charge < -0.3 is 24.5 Å². The van der Waals surface area contributed by atoms with Crippen LogP contribution >= 0.6 is 24.0 Å². The van der Waals surface area contributed by atoms with Crippen LogP contribution in [0.4, 0.5) is 0 Å². The molecule has 2 aromatic rings. The number of aliphatic imine (C=N–C) groups is 1. The summed E-state index contributed by atoms with van der Waals surface area (Å²) in [5.41, 5.74) is 0.860. The molecule has 0 radical (unpaired) electrons. The van der Waals surface area contributed by atoms with Crippen molar-refractivity contribution in [3.63, 3.8) is 0 Å². The van der Waals surface area contributed by atoms with Gasteiger partial charge in [0.2, 0.25) is 5.88 Å². The van der Waals surface area contributed by atoms with Crippen LogP contribution in [0.2, 0.25) is 0 Å². The fourth-order valence-corrected chi connectivity index (χ4v) is 2.11. The van der Waals surface area contributed by atoms with E-state index in [1.54, 1.807) is 13.4 Å². The van der Waals surface area contributed by atoms with Crippen LogP contribution in [0.15, 0.2) is 46.0 Å². The van der Waals surface area contributed by atoms with Crippen molar-refractivity contribution in [2.45, 2.75) is 26.5 Å². The highest BCUT2D eigenvalue weighted by atomic mass is 127. The van der Waals surface area contributed by atoms with Crippen molar-refractivity contribution in [1.82, 2.24) is 15.6 Å². The Hall–Kier alpha value is -1.81. The van der Waals surface area contributed by atoms with Gasteiger partial charge in [-0.15, -0.1) is 24.0 Å². The molecule has 0 saturated carbocycles.